The monoisotopic (exact) mass is 343 g/mol. The van der Waals surface area contributed by atoms with Gasteiger partial charge in [0.05, 0.1) is 12.1 Å². The third kappa shape index (κ3) is 4.65. The van der Waals surface area contributed by atoms with Crippen LogP contribution < -0.4 is 0 Å². The maximum absolute atomic E-state index is 9.79. The first kappa shape index (κ1) is 18.6. The molecular weight excluding hydrogens is 322 g/mol. The molecule has 6 nitrogen and oxygen atoms in total. The third-order valence-electron chi connectivity index (χ3n) is 4.22. The van der Waals surface area contributed by atoms with Crippen molar-refractivity contribution in [2.75, 3.05) is 6.54 Å². The predicted octanol–water partition coefficient (Wildman–Crippen LogP) is 2.00. The van der Waals surface area contributed by atoms with Gasteiger partial charge in [-0.05, 0) is 18.1 Å². The number of hydrogen-bond acceptors (Lipinski definition) is 4. The van der Waals surface area contributed by atoms with Gasteiger partial charge in [0.15, 0.2) is 0 Å². The average molecular weight is 343 g/mol. The summed E-state index contributed by atoms with van der Waals surface area (Å²) < 4.78 is 0. The Labute approximate surface area is 146 Å². The predicted molar refractivity (Wildman–Crippen MR) is 92.2 cm³/mol. The Kier molecular flexibility index (Phi) is 6.27. The molecule has 0 aliphatic carbocycles. The van der Waals surface area contributed by atoms with Gasteiger partial charge in [0, 0.05) is 12.6 Å². The number of aliphatic hydroxyl groups excluding tert-OH is 1. The number of aliphatic hydroxyl groups is 1. The summed E-state index contributed by atoms with van der Waals surface area (Å²) in [7, 11) is 0. The lowest BCUT2D eigenvalue weighted by Gasteiger charge is -2.48. The summed E-state index contributed by atoms with van der Waals surface area (Å²) in [5, 5.41) is 24.6. The number of carboxylic acids is 2. The molecule has 1 aliphatic heterocycles. The lowest BCUT2D eigenvalue weighted by Crippen LogP contribution is -2.59. The highest BCUT2D eigenvalue weighted by Crippen LogP contribution is 2.35. The van der Waals surface area contributed by atoms with Crippen molar-refractivity contribution in [3.63, 3.8) is 0 Å². The molecule has 0 unspecified atom stereocenters. The van der Waals surface area contributed by atoms with Crippen molar-refractivity contribution in [3.05, 3.63) is 71.8 Å². The Morgan fingerprint density at radius 3 is 1.60 bits per heavy atom. The Morgan fingerprint density at radius 2 is 1.32 bits per heavy atom. The van der Waals surface area contributed by atoms with Crippen LogP contribution in [0.25, 0.3) is 0 Å². The highest BCUT2D eigenvalue weighted by Gasteiger charge is 2.39. The molecule has 2 aromatic carbocycles. The van der Waals surface area contributed by atoms with Gasteiger partial charge in [-0.2, -0.15) is 0 Å². The number of aliphatic carboxylic acids is 2. The zero-order valence-electron chi connectivity index (χ0n) is 13.8. The zero-order chi connectivity index (χ0) is 18.4. The quantitative estimate of drug-likeness (QED) is 0.738. The van der Waals surface area contributed by atoms with Gasteiger partial charge in [0.2, 0.25) is 0 Å². The second-order valence-electron chi connectivity index (χ2n) is 5.84. The standard InChI is InChI=1S/C17H19NO.C2H2O4/c1-13-16(19)12-18(13)17(14-8-4-2-5-9-14)15-10-6-3-7-11-15;3-1(4)2(5)6/h2-11,13,16-17,19H,12H2,1H3;(H,3,4)(H,5,6)/t13-,16+;/m1./s1. The summed E-state index contributed by atoms with van der Waals surface area (Å²) in [5.74, 6) is -3.65. The van der Waals surface area contributed by atoms with E-state index < -0.39 is 11.9 Å². The van der Waals surface area contributed by atoms with Crippen molar-refractivity contribution in [2.45, 2.75) is 25.1 Å². The zero-order valence-corrected chi connectivity index (χ0v) is 13.8. The summed E-state index contributed by atoms with van der Waals surface area (Å²) >= 11 is 0. The number of nitrogens with zero attached hydrogens (tertiary/aromatic N) is 1. The first-order valence-electron chi connectivity index (χ1n) is 7.91. The highest BCUT2D eigenvalue weighted by molar-refractivity contribution is 6.27. The van der Waals surface area contributed by atoms with Crippen LogP contribution in [0.15, 0.2) is 60.7 Å². The summed E-state index contributed by atoms with van der Waals surface area (Å²) in [4.78, 5) is 20.6. The number of β-amino-alcohol motifs (C(OH)–C–C–N with tert-alkyl or cyclic N) is 1. The number of rotatable bonds is 3. The fourth-order valence-corrected chi connectivity index (χ4v) is 2.80. The maximum Gasteiger partial charge on any atom is 0.414 e. The Bertz CT molecular complexity index is 653. The molecule has 25 heavy (non-hydrogen) atoms. The first-order chi connectivity index (χ1) is 11.9. The van der Waals surface area contributed by atoms with Crippen LogP contribution in [-0.2, 0) is 9.59 Å². The average Bonchev–Trinajstić information content (AvgIpc) is 2.63. The van der Waals surface area contributed by atoms with E-state index in [0.717, 1.165) is 6.54 Å². The molecule has 0 bridgehead atoms. The summed E-state index contributed by atoms with van der Waals surface area (Å²) in [6, 6.07) is 21.5. The van der Waals surface area contributed by atoms with E-state index in [0.29, 0.717) is 0 Å². The van der Waals surface area contributed by atoms with Gasteiger partial charge in [-0.25, -0.2) is 9.59 Å². The molecule has 1 saturated heterocycles. The minimum Gasteiger partial charge on any atom is -0.473 e. The molecule has 0 aromatic heterocycles. The van der Waals surface area contributed by atoms with E-state index in [4.69, 9.17) is 19.8 Å². The Balaban J connectivity index is 0.000000326. The van der Waals surface area contributed by atoms with Crippen molar-refractivity contribution >= 4 is 11.9 Å². The molecule has 1 heterocycles. The lowest BCUT2D eigenvalue weighted by atomic mass is 9.90. The van der Waals surface area contributed by atoms with Crippen LogP contribution in [0.3, 0.4) is 0 Å². The highest BCUT2D eigenvalue weighted by atomic mass is 16.4. The van der Waals surface area contributed by atoms with Crippen molar-refractivity contribution in [2.24, 2.45) is 0 Å². The molecule has 1 fully saturated rings. The fraction of sp³-hybridized carbons (Fsp3) is 0.263. The topological polar surface area (TPSA) is 98.1 Å². The van der Waals surface area contributed by atoms with Crippen LogP contribution in [-0.4, -0.2) is 50.8 Å². The largest absolute Gasteiger partial charge is 0.473 e. The van der Waals surface area contributed by atoms with Crippen LogP contribution in [0.2, 0.25) is 0 Å². The van der Waals surface area contributed by atoms with Crippen molar-refractivity contribution in [1.29, 1.82) is 0 Å². The summed E-state index contributed by atoms with van der Waals surface area (Å²) in [5.41, 5.74) is 2.57. The van der Waals surface area contributed by atoms with Crippen molar-refractivity contribution in [1.82, 2.24) is 4.90 Å². The lowest BCUT2D eigenvalue weighted by molar-refractivity contribution is -0.159. The molecule has 132 valence electrons. The van der Waals surface area contributed by atoms with Crippen molar-refractivity contribution < 1.29 is 24.9 Å². The fourth-order valence-electron chi connectivity index (χ4n) is 2.80. The second kappa shape index (κ2) is 8.41. The van der Waals surface area contributed by atoms with Crippen molar-refractivity contribution in [3.8, 4) is 0 Å². The first-order valence-corrected chi connectivity index (χ1v) is 7.91. The molecular formula is C19H21NO5. The smallest absolute Gasteiger partial charge is 0.414 e. The summed E-state index contributed by atoms with van der Waals surface area (Å²) in [6.45, 7) is 2.84. The van der Waals surface area contributed by atoms with Crippen LogP contribution in [0, 0.1) is 0 Å². The van der Waals surface area contributed by atoms with Crippen LogP contribution in [0.1, 0.15) is 24.1 Å². The Hall–Kier alpha value is -2.70. The number of likely N-dealkylation sites (tertiary alicyclic amines) is 1. The van der Waals surface area contributed by atoms with Crippen LogP contribution in [0.5, 0.6) is 0 Å². The maximum atomic E-state index is 9.79. The van der Waals surface area contributed by atoms with Gasteiger partial charge in [0.1, 0.15) is 0 Å². The molecule has 0 radical (unpaired) electrons. The van der Waals surface area contributed by atoms with Gasteiger partial charge < -0.3 is 15.3 Å². The van der Waals surface area contributed by atoms with E-state index in [2.05, 4.69) is 60.4 Å². The molecule has 3 N–H and O–H groups in total. The molecule has 3 rings (SSSR count). The van der Waals surface area contributed by atoms with Gasteiger partial charge in [-0.1, -0.05) is 60.7 Å². The molecule has 2 atom stereocenters. The molecule has 0 amide bonds. The normalized spacial score (nSPS) is 19.5. The van der Waals surface area contributed by atoms with E-state index in [-0.39, 0.29) is 18.2 Å². The second-order valence-corrected chi connectivity index (χ2v) is 5.84. The van der Waals surface area contributed by atoms with Gasteiger partial charge in [-0.15, -0.1) is 0 Å². The van der Waals surface area contributed by atoms with Gasteiger partial charge in [-0.3, -0.25) is 4.90 Å². The van der Waals surface area contributed by atoms with Gasteiger partial charge >= 0.3 is 11.9 Å². The van der Waals surface area contributed by atoms with E-state index in [9.17, 15) is 5.11 Å². The van der Waals surface area contributed by atoms with Crippen LogP contribution in [0.4, 0.5) is 0 Å². The summed E-state index contributed by atoms with van der Waals surface area (Å²) in [6.07, 6.45) is -0.199. The van der Waals surface area contributed by atoms with E-state index in [1.165, 1.54) is 11.1 Å². The number of hydrogen-bond donors (Lipinski definition) is 3. The van der Waals surface area contributed by atoms with E-state index in [1.54, 1.807) is 0 Å². The number of carbonyl (C=O) groups is 2. The molecule has 0 spiro atoms. The number of benzene rings is 2. The van der Waals surface area contributed by atoms with Gasteiger partial charge in [0.25, 0.3) is 0 Å². The SMILES string of the molecule is C[C@@H]1[C@@H](O)CN1C(c1ccccc1)c1ccccc1.O=C(O)C(=O)O. The minimum absolute atomic E-state index is 0.199. The molecule has 1 aliphatic rings. The van der Waals surface area contributed by atoms with E-state index >= 15 is 0 Å². The Morgan fingerprint density at radius 1 is 0.920 bits per heavy atom. The molecule has 6 heteroatoms. The van der Waals surface area contributed by atoms with E-state index in [1.807, 2.05) is 12.1 Å². The molecule has 2 aromatic rings. The molecule has 0 saturated carbocycles. The minimum atomic E-state index is -1.82. The number of carboxylic acid groups (broad SMARTS) is 2. The van der Waals surface area contributed by atoms with Crippen LogP contribution >= 0.6 is 0 Å². The third-order valence-corrected chi connectivity index (χ3v) is 4.22.